The molecule has 1 heterocycles. The summed E-state index contributed by atoms with van der Waals surface area (Å²) in [7, 11) is 1.35. The highest BCUT2D eigenvalue weighted by molar-refractivity contribution is 5.89. The van der Waals surface area contributed by atoms with Crippen LogP contribution in [-0.2, 0) is 4.74 Å². The molecule has 0 aliphatic carbocycles. The number of methoxy groups -OCH3 is 1. The fraction of sp³-hybridized carbons (Fsp3) is 0.100. The monoisotopic (exact) mass is 203 g/mol. The molecule has 0 saturated carbocycles. The number of carbonyl (C=O) groups is 1. The SMILES string of the molecule is COC(=O)c1cccc(-n2cnnc2)c1. The molecule has 0 saturated heterocycles. The van der Waals surface area contributed by atoms with Crippen LogP contribution in [0.5, 0.6) is 0 Å². The first-order valence-electron chi connectivity index (χ1n) is 4.34. The van der Waals surface area contributed by atoms with Crippen molar-refractivity contribution in [2.24, 2.45) is 0 Å². The Morgan fingerprint density at radius 2 is 2.07 bits per heavy atom. The van der Waals surface area contributed by atoms with Crippen LogP contribution in [0.25, 0.3) is 5.69 Å². The summed E-state index contributed by atoms with van der Waals surface area (Å²) >= 11 is 0. The Labute approximate surface area is 86.3 Å². The summed E-state index contributed by atoms with van der Waals surface area (Å²) in [6.45, 7) is 0. The van der Waals surface area contributed by atoms with Crippen LogP contribution in [0.4, 0.5) is 0 Å². The number of aromatic nitrogens is 3. The highest BCUT2D eigenvalue weighted by atomic mass is 16.5. The third-order valence-corrected chi connectivity index (χ3v) is 1.98. The number of hydrogen-bond donors (Lipinski definition) is 0. The van der Waals surface area contributed by atoms with E-state index in [-0.39, 0.29) is 5.97 Å². The van der Waals surface area contributed by atoms with Crippen LogP contribution in [0.2, 0.25) is 0 Å². The predicted octanol–water partition coefficient (Wildman–Crippen LogP) is 1.05. The molecule has 0 radical (unpaired) electrons. The second-order valence-corrected chi connectivity index (χ2v) is 2.91. The van der Waals surface area contributed by atoms with E-state index in [9.17, 15) is 4.79 Å². The van der Waals surface area contributed by atoms with E-state index in [0.29, 0.717) is 5.56 Å². The summed E-state index contributed by atoms with van der Waals surface area (Å²) in [6.07, 6.45) is 3.13. The molecule has 0 aliphatic heterocycles. The van der Waals surface area contributed by atoms with E-state index < -0.39 is 0 Å². The Kier molecular flexibility index (Phi) is 2.45. The maximum absolute atomic E-state index is 11.3. The zero-order chi connectivity index (χ0) is 10.7. The van der Waals surface area contributed by atoms with Gasteiger partial charge in [0, 0.05) is 5.69 Å². The normalized spacial score (nSPS) is 9.93. The molecule has 76 valence electrons. The van der Waals surface area contributed by atoms with Crippen LogP contribution in [0.1, 0.15) is 10.4 Å². The summed E-state index contributed by atoms with van der Waals surface area (Å²) in [5, 5.41) is 7.38. The first-order chi connectivity index (χ1) is 7.31. The second kappa shape index (κ2) is 3.91. The molecule has 2 aromatic rings. The summed E-state index contributed by atoms with van der Waals surface area (Å²) < 4.78 is 6.34. The lowest BCUT2D eigenvalue weighted by Crippen LogP contribution is -2.02. The largest absolute Gasteiger partial charge is 0.465 e. The van der Waals surface area contributed by atoms with E-state index >= 15 is 0 Å². The van der Waals surface area contributed by atoms with Gasteiger partial charge < -0.3 is 4.74 Å². The third kappa shape index (κ3) is 1.85. The maximum Gasteiger partial charge on any atom is 0.337 e. The molecule has 5 nitrogen and oxygen atoms in total. The standard InChI is InChI=1S/C10H9N3O2/c1-15-10(14)8-3-2-4-9(5-8)13-6-11-12-7-13/h2-7H,1H3. The van der Waals surface area contributed by atoms with Crippen molar-refractivity contribution in [3.05, 3.63) is 42.5 Å². The van der Waals surface area contributed by atoms with Gasteiger partial charge in [0.25, 0.3) is 0 Å². The van der Waals surface area contributed by atoms with Gasteiger partial charge in [-0.25, -0.2) is 4.79 Å². The minimum absolute atomic E-state index is 0.357. The molecule has 2 rings (SSSR count). The lowest BCUT2D eigenvalue weighted by atomic mass is 10.2. The highest BCUT2D eigenvalue weighted by Crippen LogP contribution is 2.10. The zero-order valence-electron chi connectivity index (χ0n) is 8.12. The van der Waals surface area contributed by atoms with Crippen molar-refractivity contribution >= 4 is 5.97 Å². The number of benzene rings is 1. The second-order valence-electron chi connectivity index (χ2n) is 2.91. The summed E-state index contributed by atoms with van der Waals surface area (Å²) in [6, 6.07) is 7.05. The van der Waals surface area contributed by atoms with E-state index in [4.69, 9.17) is 0 Å². The van der Waals surface area contributed by atoms with Crippen molar-refractivity contribution in [1.82, 2.24) is 14.8 Å². The van der Waals surface area contributed by atoms with Crippen molar-refractivity contribution in [3.8, 4) is 5.69 Å². The molecule has 0 N–H and O–H groups in total. The van der Waals surface area contributed by atoms with Gasteiger partial charge in [0.1, 0.15) is 12.7 Å². The molecule has 0 unspecified atom stereocenters. The number of carbonyl (C=O) groups excluding carboxylic acids is 1. The van der Waals surface area contributed by atoms with Gasteiger partial charge >= 0.3 is 5.97 Å². The minimum Gasteiger partial charge on any atom is -0.465 e. The molecular formula is C10H9N3O2. The van der Waals surface area contributed by atoms with Crippen LogP contribution < -0.4 is 0 Å². The lowest BCUT2D eigenvalue weighted by molar-refractivity contribution is 0.0600. The van der Waals surface area contributed by atoms with Gasteiger partial charge in [-0.05, 0) is 18.2 Å². The topological polar surface area (TPSA) is 57.0 Å². The van der Waals surface area contributed by atoms with Gasteiger partial charge in [-0.1, -0.05) is 6.07 Å². The van der Waals surface area contributed by atoms with Crippen LogP contribution in [0.3, 0.4) is 0 Å². The number of esters is 1. The van der Waals surface area contributed by atoms with E-state index in [1.807, 2.05) is 6.07 Å². The summed E-state index contributed by atoms with van der Waals surface area (Å²) in [5.74, 6) is -0.357. The molecule has 1 aromatic carbocycles. The van der Waals surface area contributed by atoms with Crippen LogP contribution in [-0.4, -0.2) is 27.8 Å². The molecule has 0 aliphatic rings. The molecule has 15 heavy (non-hydrogen) atoms. The molecule has 0 fully saturated rings. The Morgan fingerprint density at radius 3 is 2.73 bits per heavy atom. The van der Waals surface area contributed by atoms with E-state index in [2.05, 4.69) is 14.9 Å². The van der Waals surface area contributed by atoms with Crippen molar-refractivity contribution in [1.29, 1.82) is 0 Å². The van der Waals surface area contributed by atoms with Gasteiger partial charge in [-0.3, -0.25) is 4.57 Å². The Morgan fingerprint density at radius 1 is 1.33 bits per heavy atom. The number of rotatable bonds is 2. The van der Waals surface area contributed by atoms with E-state index in [1.165, 1.54) is 7.11 Å². The Hall–Kier alpha value is -2.17. The smallest absolute Gasteiger partial charge is 0.337 e. The van der Waals surface area contributed by atoms with Crippen molar-refractivity contribution in [3.63, 3.8) is 0 Å². The van der Waals surface area contributed by atoms with Gasteiger partial charge in [-0.15, -0.1) is 10.2 Å². The molecule has 5 heteroatoms. The fourth-order valence-electron chi connectivity index (χ4n) is 1.25. The quantitative estimate of drug-likeness (QED) is 0.684. The van der Waals surface area contributed by atoms with Gasteiger partial charge in [0.05, 0.1) is 12.7 Å². The summed E-state index contributed by atoms with van der Waals surface area (Å²) in [5.41, 5.74) is 1.33. The number of ether oxygens (including phenoxy) is 1. The van der Waals surface area contributed by atoms with E-state index in [1.54, 1.807) is 35.4 Å². The molecular weight excluding hydrogens is 194 g/mol. The zero-order valence-corrected chi connectivity index (χ0v) is 8.12. The number of hydrogen-bond acceptors (Lipinski definition) is 4. The van der Waals surface area contributed by atoms with Crippen LogP contribution in [0.15, 0.2) is 36.9 Å². The van der Waals surface area contributed by atoms with Gasteiger partial charge in [0.15, 0.2) is 0 Å². The lowest BCUT2D eigenvalue weighted by Gasteiger charge is -2.03. The molecule has 1 aromatic heterocycles. The van der Waals surface area contributed by atoms with E-state index in [0.717, 1.165) is 5.69 Å². The molecule has 0 spiro atoms. The maximum atomic E-state index is 11.3. The van der Waals surface area contributed by atoms with Crippen LogP contribution >= 0.6 is 0 Å². The van der Waals surface area contributed by atoms with Crippen molar-refractivity contribution < 1.29 is 9.53 Å². The first kappa shape index (κ1) is 9.39. The number of nitrogens with zero attached hydrogens (tertiary/aromatic N) is 3. The molecule has 0 bridgehead atoms. The molecule has 0 atom stereocenters. The Bertz CT molecular complexity index is 465. The highest BCUT2D eigenvalue weighted by Gasteiger charge is 2.05. The van der Waals surface area contributed by atoms with Crippen molar-refractivity contribution in [2.45, 2.75) is 0 Å². The third-order valence-electron chi connectivity index (χ3n) is 1.98. The predicted molar refractivity (Wildman–Crippen MR) is 52.7 cm³/mol. The van der Waals surface area contributed by atoms with Gasteiger partial charge in [0.2, 0.25) is 0 Å². The summed E-state index contributed by atoms with van der Waals surface area (Å²) in [4.78, 5) is 11.3. The van der Waals surface area contributed by atoms with Crippen LogP contribution in [0, 0.1) is 0 Å². The fourth-order valence-corrected chi connectivity index (χ4v) is 1.25. The van der Waals surface area contributed by atoms with Gasteiger partial charge in [-0.2, -0.15) is 0 Å². The molecule has 0 amide bonds. The Balaban J connectivity index is 2.39. The minimum atomic E-state index is -0.357. The average molecular weight is 203 g/mol. The first-order valence-corrected chi connectivity index (χ1v) is 4.34. The average Bonchev–Trinajstić information content (AvgIpc) is 2.82. The van der Waals surface area contributed by atoms with Crippen molar-refractivity contribution in [2.75, 3.05) is 7.11 Å².